The van der Waals surface area contributed by atoms with Gasteiger partial charge in [-0.15, -0.1) is 0 Å². The molecule has 0 N–H and O–H groups in total. The molecule has 158 valence electrons. The maximum atomic E-state index is 6.15. The molecule has 0 radical (unpaired) electrons. The van der Waals surface area contributed by atoms with E-state index in [1.54, 1.807) is 7.11 Å². The molecule has 1 unspecified atom stereocenters. The molecule has 0 amide bonds. The average molecular weight is 414 g/mol. The van der Waals surface area contributed by atoms with Gasteiger partial charge in [0.1, 0.15) is 5.75 Å². The number of hydrogen-bond acceptors (Lipinski definition) is 3. The Morgan fingerprint density at radius 2 is 1.66 bits per heavy atom. The zero-order chi connectivity index (χ0) is 21.0. The Morgan fingerprint density at radius 3 is 2.31 bits per heavy atom. The lowest BCUT2D eigenvalue weighted by Gasteiger charge is -2.31. The molecule has 1 heterocycles. The van der Waals surface area contributed by atoms with Crippen molar-refractivity contribution in [1.29, 1.82) is 0 Å². The van der Waals surface area contributed by atoms with Gasteiger partial charge in [0.05, 0.1) is 0 Å². The summed E-state index contributed by atoms with van der Waals surface area (Å²) in [5, 5.41) is 2.68. The number of anilines is 1. The molecular weight excluding hydrogens is 377 g/mol. The quantitative estimate of drug-likeness (QED) is 0.480. The van der Waals surface area contributed by atoms with Gasteiger partial charge in [0.2, 0.25) is 0 Å². The molecule has 3 rings (SSSR count). The summed E-state index contributed by atoms with van der Waals surface area (Å²) in [5.41, 5.74) is 5.28. The van der Waals surface area contributed by atoms with Gasteiger partial charge in [-0.2, -0.15) is 0 Å². The molecule has 0 aromatic heterocycles. The fraction of sp³-hybridized carbons (Fsp3) is 0.520. The van der Waals surface area contributed by atoms with Crippen molar-refractivity contribution in [2.24, 2.45) is 0 Å². The minimum absolute atomic E-state index is 0.0112. The van der Waals surface area contributed by atoms with Crippen LogP contribution in [0.4, 0.5) is 5.69 Å². The highest BCUT2D eigenvalue weighted by Gasteiger charge is 2.24. The lowest BCUT2D eigenvalue weighted by atomic mass is 9.85. The number of rotatable bonds is 6. The SMILES string of the molecule is COCOc1c(Pc2ccc(C)cc2N2CCCCC2)cc(C)cc1C(C)(C)C. The van der Waals surface area contributed by atoms with Gasteiger partial charge in [0, 0.05) is 42.1 Å². The molecule has 1 atom stereocenters. The van der Waals surface area contributed by atoms with Crippen LogP contribution in [0.3, 0.4) is 0 Å². The number of aryl methyl sites for hydroxylation is 2. The van der Waals surface area contributed by atoms with Crippen molar-refractivity contribution in [3.8, 4) is 5.75 Å². The Hall–Kier alpha value is -1.57. The maximum Gasteiger partial charge on any atom is 0.188 e. The number of piperidine rings is 1. The molecule has 4 heteroatoms. The molecule has 0 bridgehead atoms. The lowest BCUT2D eigenvalue weighted by molar-refractivity contribution is 0.0506. The highest BCUT2D eigenvalue weighted by Crippen LogP contribution is 2.35. The first kappa shape index (κ1) is 22.1. The van der Waals surface area contributed by atoms with Crippen molar-refractivity contribution in [1.82, 2.24) is 0 Å². The van der Waals surface area contributed by atoms with Gasteiger partial charge in [0.15, 0.2) is 6.79 Å². The zero-order valence-electron chi connectivity index (χ0n) is 18.9. The average Bonchev–Trinajstić information content (AvgIpc) is 2.68. The molecule has 1 fully saturated rings. The summed E-state index contributed by atoms with van der Waals surface area (Å²) in [7, 11) is 2.24. The largest absolute Gasteiger partial charge is 0.467 e. The van der Waals surface area contributed by atoms with Crippen LogP contribution in [0.25, 0.3) is 0 Å². The first-order valence-electron chi connectivity index (χ1n) is 10.7. The Morgan fingerprint density at radius 1 is 0.931 bits per heavy atom. The second-order valence-electron chi connectivity index (χ2n) is 9.18. The van der Waals surface area contributed by atoms with Crippen LogP contribution in [-0.4, -0.2) is 27.0 Å². The fourth-order valence-electron chi connectivity index (χ4n) is 3.99. The summed E-state index contributed by atoms with van der Waals surface area (Å²) < 4.78 is 11.4. The minimum Gasteiger partial charge on any atom is -0.467 e. The van der Waals surface area contributed by atoms with Crippen LogP contribution in [0, 0.1) is 13.8 Å². The van der Waals surface area contributed by atoms with Crippen molar-refractivity contribution in [2.75, 3.05) is 31.9 Å². The van der Waals surface area contributed by atoms with E-state index in [0.29, 0.717) is 8.58 Å². The molecule has 3 nitrogen and oxygen atoms in total. The van der Waals surface area contributed by atoms with E-state index < -0.39 is 0 Å². The molecule has 0 aliphatic carbocycles. The molecule has 1 saturated heterocycles. The second kappa shape index (κ2) is 9.49. The van der Waals surface area contributed by atoms with Gasteiger partial charge in [-0.1, -0.05) is 47.6 Å². The summed E-state index contributed by atoms with van der Waals surface area (Å²) in [6, 6.07) is 11.5. The monoisotopic (exact) mass is 413 g/mol. The molecule has 1 aliphatic heterocycles. The van der Waals surface area contributed by atoms with Gasteiger partial charge < -0.3 is 14.4 Å². The van der Waals surface area contributed by atoms with Crippen LogP contribution in [0.1, 0.15) is 56.7 Å². The summed E-state index contributed by atoms with van der Waals surface area (Å²) in [6.07, 6.45) is 3.93. The van der Waals surface area contributed by atoms with Crippen molar-refractivity contribution in [2.45, 2.75) is 59.3 Å². The summed E-state index contributed by atoms with van der Waals surface area (Å²) in [5.74, 6) is 0.994. The predicted molar refractivity (Wildman–Crippen MR) is 127 cm³/mol. The van der Waals surface area contributed by atoms with E-state index in [4.69, 9.17) is 9.47 Å². The molecule has 2 aromatic carbocycles. The van der Waals surface area contributed by atoms with Gasteiger partial charge in [-0.25, -0.2) is 0 Å². The van der Waals surface area contributed by atoms with Crippen molar-refractivity contribution < 1.29 is 9.47 Å². The summed E-state index contributed by atoms with van der Waals surface area (Å²) >= 11 is 0. The van der Waals surface area contributed by atoms with E-state index in [2.05, 4.69) is 69.9 Å². The Kier molecular flexibility index (Phi) is 7.24. The van der Waals surface area contributed by atoms with E-state index in [1.807, 2.05) is 0 Å². The highest BCUT2D eigenvalue weighted by molar-refractivity contribution is 7.56. The van der Waals surface area contributed by atoms with Crippen molar-refractivity contribution >= 4 is 24.9 Å². The number of benzene rings is 2. The third kappa shape index (κ3) is 5.53. The normalized spacial score (nSPS) is 15.3. The number of methoxy groups -OCH3 is 1. The van der Waals surface area contributed by atoms with Crippen LogP contribution in [-0.2, 0) is 10.2 Å². The van der Waals surface area contributed by atoms with Crippen LogP contribution >= 0.6 is 8.58 Å². The molecular formula is C25H36NO2P. The Balaban J connectivity index is 2.04. The van der Waals surface area contributed by atoms with E-state index in [-0.39, 0.29) is 12.2 Å². The van der Waals surface area contributed by atoms with Crippen molar-refractivity contribution in [3.63, 3.8) is 0 Å². The van der Waals surface area contributed by atoms with Gasteiger partial charge in [0.25, 0.3) is 0 Å². The van der Waals surface area contributed by atoms with Crippen molar-refractivity contribution in [3.05, 3.63) is 47.0 Å². The van der Waals surface area contributed by atoms with E-state index in [1.165, 1.54) is 52.2 Å². The standard InChI is InChI=1S/C25H36NO2P/c1-18-10-11-22(21(15-18)26-12-8-7-9-13-26)29-23-16-19(2)14-20(25(3,4)5)24(23)28-17-27-6/h10-11,14-16,29H,7-9,12-13,17H2,1-6H3. The second-order valence-corrected chi connectivity index (χ2v) is 10.5. The smallest absolute Gasteiger partial charge is 0.188 e. The van der Waals surface area contributed by atoms with Crippen LogP contribution in [0.5, 0.6) is 5.75 Å². The first-order chi connectivity index (χ1) is 13.8. The van der Waals surface area contributed by atoms with E-state index in [9.17, 15) is 0 Å². The number of nitrogens with zero attached hydrogens (tertiary/aromatic N) is 1. The number of hydrogen-bond donors (Lipinski definition) is 0. The van der Waals surface area contributed by atoms with E-state index >= 15 is 0 Å². The van der Waals surface area contributed by atoms with E-state index in [0.717, 1.165) is 18.8 Å². The summed E-state index contributed by atoms with van der Waals surface area (Å²) in [6.45, 7) is 13.7. The highest BCUT2D eigenvalue weighted by atomic mass is 31.1. The third-order valence-electron chi connectivity index (χ3n) is 5.48. The molecule has 29 heavy (non-hydrogen) atoms. The van der Waals surface area contributed by atoms with Crippen LogP contribution in [0.15, 0.2) is 30.3 Å². The Labute approximate surface area is 178 Å². The van der Waals surface area contributed by atoms with Crippen LogP contribution in [0.2, 0.25) is 0 Å². The third-order valence-corrected chi connectivity index (χ3v) is 6.81. The summed E-state index contributed by atoms with van der Waals surface area (Å²) in [4.78, 5) is 2.58. The maximum absolute atomic E-state index is 6.15. The van der Waals surface area contributed by atoms with Gasteiger partial charge >= 0.3 is 0 Å². The van der Waals surface area contributed by atoms with Gasteiger partial charge in [-0.3, -0.25) is 0 Å². The predicted octanol–water partition coefficient (Wildman–Crippen LogP) is 5.20. The molecule has 2 aromatic rings. The first-order valence-corrected chi connectivity index (χ1v) is 11.7. The Bertz CT molecular complexity index is 835. The fourth-order valence-corrected chi connectivity index (χ4v) is 5.42. The molecule has 0 saturated carbocycles. The number of ether oxygens (including phenoxy) is 2. The topological polar surface area (TPSA) is 21.7 Å². The zero-order valence-corrected chi connectivity index (χ0v) is 19.9. The molecule has 0 spiro atoms. The van der Waals surface area contributed by atoms with Crippen LogP contribution < -0.4 is 20.2 Å². The molecule has 1 aliphatic rings. The minimum atomic E-state index is 0.0112. The van der Waals surface area contributed by atoms with Gasteiger partial charge in [-0.05, 0) is 61.8 Å². The lowest BCUT2D eigenvalue weighted by Crippen LogP contribution is -2.32.